The lowest BCUT2D eigenvalue weighted by Gasteiger charge is -2.09. The Hall–Kier alpha value is -1.10. The molecule has 0 rings (SSSR count). The monoisotopic (exact) mass is 229 g/mol. The fourth-order valence-electron chi connectivity index (χ4n) is 1.13. The van der Waals surface area contributed by atoms with Gasteiger partial charge in [-0.25, -0.2) is 0 Å². The third-order valence-corrected chi connectivity index (χ3v) is 1.84. The summed E-state index contributed by atoms with van der Waals surface area (Å²) in [7, 11) is 0. The predicted molar refractivity (Wildman–Crippen MR) is 64.1 cm³/mol. The van der Waals surface area contributed by atoms with E-state index in [0.29, 0.717) is 19.5 Å². The van der Waals surface area contributed by atoms with Gasteiger partial charge in [0.25, 0.3) is 0 Å². The third kappa shape index (κ3) is 9.45. The molecule has 0 saturated carbocycles. The highest BCUT2D eigenvalue weighted by molar-refractivity contribution is 5.78. The molecule has 0 aromatic rings. The zero-order valence-corrected chi connectivity index (χ0v) is 10.4. The van der Waals surface area contributed by atoms with Crippen molar-refractivity contribution >= 4 is 11.8 Å². The van der Waals surface area contributed by atoms with Gasteiger partial charge in [0.15, 0.2) is 0 Å². The molecule has 0 saturated heterocycles. The summed E-state index contributed by atoms with van der Waals surface area (Å²) < 4.78 is 0. The van der Waals surface area contributed by atoms with Crippen LogP contribution in [0.4, 0.5) is 0 Å². The Kier molecular flexibility index (Phi) is 8.52. The van der Waals surface area contributed by atoms with E-state index < -0.39 is 0 Å². The summed E-state index contributed by atoms with van der Waals surface area (Å²) in [6, 6.07) is 0.155. The summed E-state index contributed by atoms with van der Waals surface area (Å²) in [5, 5.41) is 8.46. The normalized spacial score (nSPS) is 10.2. The summed E-state index contributed by atoms with van der Waals surface area (Å²) in [6.07, 6.45) is 1.35. The van der Waals surface area contributed by atoms with Crippen LogP contribution in [-0.4, -0.2) is 37.5 Å². The van der Waals surface area contributed by atoms with E-state index in [1.165, 1.54) is 0 Å². The van der Waals surface area contributed by atoms with Crippen LogP contribution in [0.15, 0.2) is 0 Å². The number of amides is 2. The van der Waals surface area contributed by atoms with Crippen LogP contribution in [0.3, 0.4) is 0 Å². The molecule has 0 aliphatic rings. The Labute approximate surface area is 97.4 Å². The van der Waals surface area contributed by atoms with Crippen LogP contribution in [-0.2, 0) is 9.59 Å². The number of nitrogens with one attached hydrogen (secondary N) is 3. The van der Waals surface area contributed by atoms with E-state index in [4.69, 9.17) is 0 Å². The van der Waals surface area contributed by atoms with Gasteiger partial charge in [-0.05, 0) is 20.3 Å². The fourth-order valence-corrected chi connectivity index (χ4v) is 1.13. The molecule has 5 heteroatoms. The highest BCUT2D eigenvalue weighted by Gasteiger charge is 2.03. The maximum atomic E-state index is 11.2. The minimum atomic E-state index is -0.0380. The summed E-state index contributed by atoms with van der Waals surface area (Å²) in [4.78, 5) is 22.4. The average Bonchev–Trinajstić information content (AvgIpc) is 2.20. The van der Waals surface area contributed by atoms with E-state index in [-0.39, 0.29) is 24.4 Å². The molecule has 5 nitrogen and oxygen atoms in total. The molecule has 0 aliphatic heterocycles. The minimum Gasteiger partial charge on any atom is -0.356 e. The van der Waals surface area contributed by atoms with Crippen molar-refractivity contribution in [3.63, 3.8) is 0 Å². The van der Waals surface area contributed by atoms with Crippen molar-refractivity contribution in [2.24, 2.45) is 0 Å². The summed E-state index contributed by atoms with van der Waals surface area (Å²) in [5.41, 5.74) is 0. The molecule has 0 aromatic heterocycles. The van der Waals surface area contributed by atoms with Crippen molar-refractivity contribution in [1.82, 2.24) is 16.0 Å². The first-order valence-electron chi connectivity index (χ1n) is 5.83. The molecule has 0 radical (unpaired) electrons. The molecule has 0 spiro atoms. The van der Waals surface area contributed by atoms with Gasteiger partial charge in [-0.1, -0.05) is 6.92 Å². The minimum absolute atomic E-state index is 0.0265. The maximum absolute atomic E-state index is 11.2. The predicted octanol–water partition coefficient (Wildman–Crippen LogP) is 0.0169. The van der Waals surface area contributed by atoms with E-state index in [1.54, 1.807) is 0 Å². The van der Waals surface area contributed by atoms with Gasteiger partial charge in [-0.2, -0.15) is 0 Å². The first-order chi connectivity index (χ1) is 7.56. The van der Waals surface area contributed by atoms with Gasteiger partial charge in [-0.15, -0.1) is 0 Å². The van der Waals surface area contributed by atoms with Crippen LogP contribution in [0, 0.1) is 0 Å². The molecule has 0 heterocycles. The standard InChI is InChI=1S/C11H23N3O2/c1-4-6-13-10(15)5-7-12-8-11(16)14-9(2)3/h9,12H,4-8H2,1-3H3,(H,13,15)(H,14,16). The SMILES string of the molecule is CCCNC(=O)CCNCC(=O)NC(C)C. The van der Waals surface area contributed by atoms with Crippen LogP contribution in [0.25, 0.3) is 0 Å². The Balaban J connectivity index is 3.38. The summed E-state index contributed by atoms with van der Waals surface area (Å²) in [5.74, 6) is -0.0115. The van der Waals surface area contributed by atoms with Gasteiger partial charge in [-0.3, -0.25) is 9.59 Å². The number of carbonyl (C=O) groups is 2. The first kappa shape index (κ1) is 14.9. The van der Waals surface area contributed by atoms with Crippen molar-refractivity contribution in [3.8, 4) is 0 Å². The number of carbonyl (C=O) groups excluding carboxylic acids is 2. The molecule has 0 bridgehead atoms. The number of rotatable bonds is 8. The van der Waals surface area contributed by atoms with Gasteiger partial charge in [0.1, 0.15) is 0 Å². The van der Waals surface area contributed by atoms with Gasteiger partial charge in [0.05, 0.1) is 6.54 Å². The molecule has 94 valence electrons. The lowest BCUT2D eigenvalue weighted by Crippen LogP contribution is -2.38. The molecule has 0 fully saturated rings. The Morgan fingerprint density at radius 3 is 2.38 bits per heavy atom. The Morgan fingerprint density at radius 1 is 1.12 bits per heavy atom. The third-order valence-electron chi connectivity index (χ3n) is 1.84. The lowest BCUT2D eigenvalue weighted by atomic mass is 10.3. The van der Waals surface area contributed by atoms with Gasteiger partial charge in [0, 0.05) is 25.6 Å². The van der Waals surface area contributed by atoms with Crippen LogP contribution in [0.1, 0.15) is 33.6 Å². The van der Waals surface area contributed by atoms with E-state index in [1.807, 2.05) is 20.8 Å². The van der Waals surface area contributed by atoms with Crippen LogP contribution < -0.4 is 16.0 Å². The van der Waals surface area contributed by atoms with Crippen LogP contribution in [0.5, 0.6) is 0 Å². The molecule has 0 aromatic carbocycles. The van der Waals surface area contributed by atoms with Gasteiger partial charge < -0.3 is 16.0 Å². The molecular formula is C11H23N3O2. The maximum Gasteiger partial charge on any atom is 0.234 e. The van der Waals surface area contributed by atoms with Crippen LogP contribution in [0.2, 0.25) is 0 Å². The zero-order chi connectivity index (χ0) is 12.4. The van der Waals surface area contributed by atoms with E-state index >= 15 is 0 Å². The lowest BCUT2D eigenvalue weighted by molar-refractivity contribution is -0.122. The van der Waals surface area contributed by atoms with Gasteiger partial charge in [0.2, 0.25) is 11.8 Å². The Morgan fingerprint density at radius 2 is 1.81 bits per heavy atom. The second-order valence-corrected chi connectivity index (χ2v) is 4.00. The number of hydrogen-bond acceptors (Lipinski definition) is 3. The van der Waals surface area contributed by atoms with Crippen molar-refractivity contribution in [3.05, 3.63) is 0 Å². The van der Waals surface area contributed by atoms with E-state index in [9.17, 15) is 9.59 Å². The second kappa shape index (κ2) is 9.15. The molecule has 0 atom stereocenters. The highest BCUT2D eigenvalue weighted by Crippen LogP contribution is 1.80. The smallest absolute Gasteiger partial charge is 0.234 e. The molecule has 0 unspecified atom stereocenters. The fraction of sp³-hybridized carbons (Fsp3) is 0.818. The largest absolute Gasteiger partial charge is 0.356 e. The first-order valence-corrected chi connectivity index (χ1v) is 5.83. The molecular weight excluding hydrogens is 206 g/mol. The molecule has 16 heavy (non-hydrogen) atoms. The average molecular weight is 229 g/mol. The van der Waals surface area contributed by atoms with E-state index in [0.717, 1.165) is 6.42 Å². The number of hydrogen-bond donors (Lipinski definition) is 3. The highest BCUT2D eigenvalue weighted by atomic mass is 16.2. The quantitative estimate of drug-likeness (QED) is 0.514. The summed E-state index contributed by atoms with van der Waals surface area (Å²) in [6.45, 7) is 7.34. The van der Waals surface area contributed by atoms with Crippen LogP contribution >= 0.6 is 0 Å². The molecule has 3 N–H and O–H groups in total. The summed E-state index contributed by atoms with van der Waals surface area (Å²) >= 11 is 0. The van der Waals surface area contributed by atoms with Crippen molar-refractivity contribution < 1.29 is 9.59 Å². The molecule has 0 aliphatic carbocycles. The zero-order valence-electron chi connectivity index (χ0n) is 10.4. The van der Waals surface area contributed by atoms with Crippen molar-refractivity contribution in [2.45, 2.75) is 39.7 Å². The second-order valence-electron chi connectivity index (χ2n) is 4.00. The van der Waals surface area contributed by atoms with Crippen molar-refractivity contribution in [2.75, 3.05) is 19.6 Å². The van der Waals surface area contributed by atoms with Gasteiger partial charge >= 0.3 is 0 Å². The van der Waals surface area contributed by atoms with E-state index in [2.05, 4.69) is 16.0 Å². The Bertz CT molecular complexity index is 217. The topological polar surface area (TPSA) is 70.2 Å². The molecule has 2 amide bonds. The van der Waals surface area contributed by atoms with Crippen molar-refractivity contribution in [1.29, 1.82) is 0 Å².